The second-order valence-electron chi connectivity index (χ2n) is 5.09. The summed E-state index contributed by atoms with van der Waals surface area (Å²) in [5, 5.41) is 2.80. The molecule has 104 valence electrons. The van der Waals surface area contributed by atoms with Crippen molar-refractivity contribution in [2.24, 2.45) is 5.92 Å². The third kappa shape index (κ3) is 4.21. The van der Waals surface area contributed by atoms with Crippen LogP contribution in [0.2, 0.25) is 0 Å². The third-order valence-electron chi connectivity index (χ3n) is 3.37. The minimum Gasteiger partial charge on any atom is -0.381 e. The quantitative estimate of drug-likeness (QED) is 0.910. The van der Waals surface area contributed by atoms with Crippen molar-refractivity contribution in [2.75, 3.05) is 32.1 Å². The zero-order valence-electron chi connectivity index (χ0n) is 11.6. The van der Waals surface area contributed by atoms with Crippen LogP contribution in [-0.4, -0.2) is 42.7 Å². The number of pyridine rings is 1. The lowest BCUT2D eigenvalue weighted by Crippen LogP contribution is -2.37. The van der Waals surface area contributed by atoms with Crippen molar-refractivity contribution < 1.29 is 9.53 Å². The van der Waals surface area contributed by atoms with E-state index < -0.39 is 0 Å². The summed E-state index contributed by atoms with van der Waals surface area (Å²) in [5.41, 5.74) is 1.08. The van der Waals surface area contributed by atoms with E-state index in [-0.39, 0.29) is 6.03 Å². The van der Waals surface area contributed by atoms with Gasteiger partial charge in [0.1, 0.15) is 5.82 Å². The molecule has 0 spiro atoms. The molecule has 2 rings (SSSR count). The van der Waals surface area contributed by atoms with Crippen LogP contribution >= 0.6 is 0 Å². The van der Waals surface area contributed by atoms with E-state index in [4.69, 9.17) is 4.74 Å². The maximum Gasteiger partial charge on any atom is 0.322 e. The van der Waals surface area contributed by atoms with E-state index >= 15 is 0 Å². The number of rotatable bonds is 3. The van der Waals surface area contributed by atoms with Crippen molar-refractivity contribution in [1.82, 2.24) is 9.88 Å². The van der Waals surface area contributed by atoms with Crippen LogP contribution < -0.4 is 5.32 Å². The highest BCUT2D eigenvalue weighted by atomic mass is 16.5. The Bertz CT molecular complexity index is 413. The van der Waals surface area contributed by atoms with Crippen LogP contribution in [0.5, 0.6) is 0 Å². The van der Waals surface area contributed by atoms with Crippen LogP contribution in [0.15, 0.2) is 18.3 Å². The van der Waals surface area contributed by atoms with Crippen LogP contribution in [0.1, 0.15) is 18.4 Å². The lowest BCUT2D eigenvalue weighted by atomic mass is 10.0. The fourth-order valence-corrected chi connectivity index (χ4v) is 2.15. The number of amides is 2. The van der Waals surface area contributed by atoms with Gasteiger partial charge in [-0.25, -0.2) is 9.78 Å². The number of anilines is 1. The van der Waals surface area contributed by atoms with Crippen molar-refractivity contribution >= 4 is 11.8 Å². The average Bonchev–Trinajstić information content (AvgIpc) is 2.42. The molecule has 5 nitrogen and oxygen atoms in total. The van der Waals surface area contributed by atoms with Gasteiger partial charge in [-0.3, -0.25) is 5.32 Å². The minimum absolute atomic E-state index is 0.108. The number of ether oxygens (including phenoxy) is 1. The first-order chi connectivity index (χ1) is 9.15. The fourth-order valence-electron chi connectivity index (χ4n) is 2.15. The number of carbonyl (C=O) groups is 1. The van der Waals surface area contributed by atoms with Crippen molar-refractivity contribution in [3.8, 4) is 0 Å². The number of hydrogen-bond donors (Lipinski definition) is 1. The zero-order chi connectivity index (χ0) is 13.7. The summed E-state index contributed by atoms with van der Waals surface area (Å²) in [6, 6.07) is 3.64. The molecule has 1 saturated heterocycles. The Labute approximate surface area is 114 Å². The molecule has 1 fully saturated rings. The van der Waals surface area contributed by atoms with Gasteiger partial charge in [-0.1, -0.05) is 6.07 Å². The van der Waals surface area contributed by atoms with E-state index in [0.717, 1.165) is 38.2 Å². The maximum atomic E-state index is 12.0. The highest BCUT2D eigenvalue weighted by Gasteiger charge is 2.18. The van der Waals surface area contributed by atoms with E-state index in [0.29, 0.717) is 11.7 Å². The minimum atomic E-state index is -0.108. The van der Waals surface area contributed by atoms with Crippen molar-refractivity contribution in [3.63, 3.8) is 0 Å². The Morgan fingerprint density at radius 1 is 1.47 bits per heavy atom. The van der Waals surface area contributed by atoms with Gasteiger partial charge < -0.3 is 9.64 Å². The summed E-state index contributed by atoms with van der Waals surface area (Å²) < 4.78 is 5.32. The molecule has 0 atom stereocenters. The number of urea groups is 1. The van der Waals surface area contributed by atoms with Gasteiger partial charge in [-0.05, 0) is 37.3 Å². The van der Waals surface area contributed by atoms with Crippen LogP contribution in [0, 0.1) is 12.8 Å². The fraction of sp³-hybridized carbons (Fsp3) is 0.571. The molecule has 0 saturated carbocycles. The average molecular weight is 263 g/mol. The molecule has 19 heavy (non-hydrogen) atoms. The molecule has 1 aliphatic rings. The molecule has 2 amide bonds. The Morgan fingerprint density at radius 2 is 2.21 bits per heavy atom. The molecular formula is C14H21N3O2. The molecule has 1 aromatic rings. The summed E-state index contributed by atoms with van der Waals surface area (Å²) in [4.78, 5) is 17.9. The number of aryl methyl sites for hydroxylation is 1. The van der Waals surface area contributed by atoms with Gasteiger partial charge in [0, 0.05) is 33.0 Å². The highest BCUT2D eigenvalue weighted by molar-refractivity contribution is 5.88. The van der Waals surface area contributed by atoms with Crippen LogP contribution in [0.25, 0.3) is 0 Å². The second-order valence-corrected chi connectivity index (χ2v) is 5.09. The van der Waals surface area contributed by atoms with Crippen molar-refractivity contribution in [3.05, 3.63) is 23.9 Å². The molecule has 1 N–H and O–H groups in total. The lowest BCUT2D eigenvalue weighted by Gasteiger charge is -2.27. The molecule has 0 bridgehead atoms. The molecule has 0 unspecified atom stereocenters. The smallest absolute Gasteiger partial charge is 0.322 e. The van der Waals surface area contributed by atoms with Crippen LogP contribution in [0.3, 0.4) is 0 Å². The first-order valence-electron chi connectivity index (χ1n) is 6.67. The van der Waals surface area contributed by atoms with E-state index in [1.165, 1.54) is 0 Å². The Hall–Kier alpha value is -1.62. The maximum absolute atomic E-state index is 12.0. The summed E-state index contributed by atoms with van der Waals surface area (Å²) in [6.45, 7) is 4.34. The molecule has 5 heteroatoms. The number of nitrogens with zero attached hydrogens (tertiary/aromatic N) is 2. The number of aromatic nitrogens is 1. The second kappa shape index (κ2) is 6.52. The van der Waals surface area contributed by atoms with E-state index in [2.05, 4.69) is 10.3 Å². The summed E-state index contributed by atoms with van der Waals surface area (Å²) in [5.74, 6) is 1.13. The Balaban J connectivity index is 1.83. The van der Waals surface area contributed by atoms with Gasteiger partial charge in [0.2, 0.25) is 0 Å². The molecule has 0 aliphatic carbocycles. The SMILES string of the molecule is Cc1ccc(NC(=O)N(C)CC2CCOCC2)nc1. The van der Waals surface area contributed by atoms with E-state index in [1.54, 1.807) is 11.1 Å². The predicted molar refractivity (Wildman–Crippen MR) is 74.2 cm³/mol. The van der Waals surface area contributed by atoms with Crippen molar-refractivity contribution in [2.45, 2.75) is 19.8 Å². The highest BCUT2D eigenvalue weighted by Crippen LogP contribution is 2.16. The van der Waals surface area contributed by atoms with Gasteiger partial charge in [0.05, 0.1) is 0 Å². The molecular weight excluding hydrogens is 242 g/mol. The summed E-state index contributed by atoms with van der Waals surface area (Å²) >= 11 is 0. The van der Waals surface area contributed by atoms with E-state index in [1.807, 2.05) is 26.1 Å². The predicted octanol–water partition coefficient (Wildman–Crippen LogP) is 2.28. The summed E-state index contributed by atoms with van der Waals surface area (Å²) in [7, 11) is 1.82. The number of nitrogens with one attached hydrogen (secondary N) is 1. The summed E-state index contributed by atoms with van der Waals surface area (Å²) in [6.07, 6.45) is 3.80. The first kappa shape index (κ1) is 13.8. The monoisotopic (exact) mass is 263 g/mol. The largest absolute Gasteiger partial charge is 0.381 e. The third-order valence-corrected chi connectivity index (χ3v) is 3.37. The van der Waals surface area contributed by atoms with Gasteiger partial charge in [-0.15, -0.1) is 0 Å². The topological polar surface area (TPSA) is 54.5 Å². The van der Waals surface area contributed by atoms with Crippen LogP contribution in [-0.2, 0) is 4.74 Å². The number of hydrogen-bond acceptors (Lipinski definition) is 3. The van der Waals surface area contributed by atoms with E-state index in [9.17, 15) is 4.79 Å². The molecule has 0 radical (unpaired) electrons. The molecule has 1 aliphatic heterocycles. The van der Waals surface area contributed by atoms with Gasteiger partial charge in [0.15, 0.2) is 0 Å². The zero-order valence-corrected chi connectivity index (χ0v) is 11.6. The Morgan fingerprint density at radius 3 is 2.84 bits per heavy atom. The normalized spacial score (nSPS) is 16.1. The van der Waals surface area contributed by atoms with Gasteiger partial charge in [-0.2, -0.15) is 0 Å². The lowest BCUT2D eigenvalue weighted by molar-refractivity contribution is 0.0592. The van der Waals surface area contributed by atoms with Gasteiger partial charge >= 0.3 is 6.03 Å². The first-order valence-corrected chi connectivity index (χ1v) is 6.67. The standard InChI is InChI=1S/C14H21N3O2/c1-11-3-4-13(15-9-11)16-14(18)17(2)10-12-5-7-19-8-6-12/h3-4,9,12H,5-8,10H2,1-2H3,(H,15,16,18). The molecule has 0 aromatic carbocycles. The van der Waals surface area contributed by atoms with Gasteiger partial charge in [0.25, 0.3) is 0 Å². The molecule has 1 aromatic heterocycles. The number of carbonyl (C=O) groups excluding carboxylic acids is 1. The van der Waals surface area contributed by atoms with Crippen molar-refractivity contribution in [1.29, 1.82) is 0 Å². The molecule has 2 heterocycles. The Kier molecular flexibility index (Phi) is 4.74. The van der Waals surface area contributed by atoms with Crippen LogP contribution in [0.4, 0.5) is 10.6 Å².